The molecule has 4 rings (SSSR count). The van der Waals surface area contributed by atoms with E-state index in [1.54, 1.807) is 31.1 Å². The van der Waals surface area contributed by atoms with Gasteiger partial charge in [0.2, 0.25) is 5.95 Å². The van der Waals surface area contributed by atoms with Gasteiger partial charge in [0.25, 0.3) is 5.91 Å². The number of amides is 1. The molecule has 0 bridgehead atoms. The van der Waals surface area contributed by atoms with Crippen LogP contribution < -0.4 is 4.90 Å². The minimum Gasteiger partial charge on any atom is -0.345 e. The van der Waals surface area contributed by atoms with E-state index in [-0.39, 0.29) is 11.9 Å². The van der Waals surface area contributed by atoms with Crippen LogP contribution in [0.15, 0.2) is 66.7 Å². The minimum absolute atomic E-state index is 0.0456. The maximum absolute atomic E-state index is 12.6. The first kappa shape index (κ1) is 26.7. The third-order valence-corrected chi connectivity index (χ3v) is 7.13. The first-order valence-electron chi connectivity index (χ1n) is 12.1. The maximum atomic E-state index is 12.6. The Balaban J connectivity index is 1.75. The van der Waals surface area contributed by atoms with Crippen molar-refractivity contribution in [2.24, 2.45) is 0 Å². The minimum atomic E-state index is -0.0456. The Labute approximate surface area is 228 Å². The SMILES string of the molecule is Cc1ccccc1CC(C)N(C)c1nnc(-c2ccc(Cl)cc2Cl)n1Cc1cccc(C(=O)N(C)C)c1. The number of rotatable bonds is 8. The molecular weight excluding hydrogens is 505 g/mol. The summed E-state index contributed by atoms with van der Waals surface area (Å²) in [5.41, 5.74) is 4.89. The maximum Gasteiger partial charge on any atom is 0.253 e. The lowest BCUT2D eigenvalue weighted by atomic mass is 10.0. The summed E-state index contributed by atoms with van der Waals surface area (Å²) in [5.74, 6) is 1.30. The van der Waals surface area contributed by atoms with Crippen molar-refractivity contribution < 1.29 is 4.79 Å². The van der Waals surface area contributed by atoms with Crippen LogP contribution in [0.5, 0.6) is 0 Å². The van der Waals surface area contributed by atoms with Crippen LogP contribution in [-0.2, 0) is 13.0 Å². The van der Waals surface area contributed by atoms with Gasteiger partial charge in [0.1, 0.15) is 0 Å². The van der Waals surface area contributed by atoms with E-state index in [4.69, 9.17) is 23.2 Å². The first-order chi connectivity index (χ1) is 17.7. The first-order valence-corrected chi connectivity index (χ1v) is 12.9. The summed E-state index contributed by atoms with van der Waals surface area (Å²) in [6, 6.07) is 21.6. The number of nitrogens with zero attached hydrogens (tertiary/aromatic N) is 5. The van der Waals surface area contributed by atoms with Crippen molar-refractivity contribution in [2.45, 2.75) is 32.9 Å². The summed E-state index contributed by atoms with van der Waals surface area (Å²) in [7, 11) is 5.53. The van der Waals surface area contributed by atoms with Crippen LogP contribution in [0.4, 0.5) is 5.95 Å². The van der Waals surface area contributed by atoms with Gasteiger partial charge in [0, 0.05) is 43.3 Å². The van der Waals surface area contributed by atoms with E-state index in [1.807, 2.05) is 41.9 Å². The Bertz CT molecular complexity index is 1420. The number of aryl methyl sites for hydroxylation is 1. The number of halogens is 2. The van der Waals surface area contributed by atoms with Crippen LogP contribution in [-0.4, -0.2) is 52.8 Å². The monoisotopic (exact) mass is 535 g/mol. The smallest absolute Gasteiger partial charge is 0.253 e. The number of hydrogen-bond acceptors (Lipinski definition) is 4. The predicted molar refractivity (Wildman–Crippen MR) is 152 cm³/mol. The molecule has 1 atom stereocenters. The largest absolute Gasteiger partial charge is 0.345 e. The number of aromatic nitrogens is 3. The highest BCUT2D eigenvalue weighted by molar-refractivity contribution is 6.36. The van der Waals surface area contributed by atoms with Gasteiger partial charge >= 0.3 is 0 Å². The van der Waals surface area contributed by atoms with Gasteiger partial charge in [-0.3, -0.25) is 9.36 Å². The Hall–Kier alpha value is -3.35. The number of carbonyl (C=O) groups excluding carboxylic acids is 1. The third-order valence-electron chi connectivity index (χ3n) is 6.58. The normalized spacial score (nSPS) is 11.9. The summed E-state index contributed by atoms with van der Waals surface area (Å²) >= 11 is 12.7. The number of hydrogen-bond donors (Lipinski definition) is 0. The molecule has 0 saturated carbocycles. The van der Waals surface area contributed by atoms with Gasteiger partial charge in [-0.25, -0.2) is 0 Å². The molecule has 0 radical (unpaired) electrons. The zero-order chi connectivity index (χ0) is 26.7. The molecule has 1 amide bonds. The van der Waals surface area contributed by atoms with Crippen molar-refractivity contribution >= 4 is 35.1 Å². The molecule has 0 aliphatic heterocycles. The van der Waals surface area contributed by atoms with Crippen molar-refractivity contribution in [3.05, 3.63) is 99.0 Å². The lowest BCUT2D eigenvalue weighted by Gasteiger charge is -2.27. The van der Waals surface area contributed by atoms with E-state index in [9.17, 15) is 4.79 Å². The lowest BCUT2D eigenvalue weighted by Crippen LogP contribution is -2.33. The van der Waals surface area contributed by atoms with Crippen LogP contribution >= 0.6 is 23.2 Å². The third kappa shape index (κ3) is 5.97. The number of benzene rings is 3. The number of carbonyl (C=O) groups is 1. The van der Waals surface area contributed by atoms with E-state index in [0.29, 0.717) is 33.9 Å². The highest BCUT2D eigenvalue weighted by Crippen LogP contribution is 2.32. The summed E-state index contributed by atoms with van der Waals surface area (Å²) < 4.78 is 2.04. The summed E-state index contributed by atoms with van der Waals surface area (Å²) in [5, 5.41) is 10.2. The molecule has 37 heavy (non-hydrogen) atoms. The van der Waals surface area contributed by atoms with E-state index < -0.39 is 0 Å². The fourth-order valence-corrected chi connectivity index (χ4v) is 4.80. The molecule has 4 aromatic rings. The molecule has 3 aromatic carbocycles. The fraction of sp³-hybridized carbons (Fsp3) is 0.276. The molecule has 0 aliphatic rings. The van der Waals surface area contributed by atoms with E-state index >= 15 is 0 Å². The van der Waals surface area contributed by atoms with E-state index in [2.05, 4.69) is 53.2 Å². The summed E-state index contributed by atoms with van der Waals surface area (Å²) in [6.07, 6.45) is 0.861. The van der Waals surface area contributed by atoms with Gasteiger partial charge in [-0.2, -0.15) is 0 Å². The molecule has 1 heterocycles. The molecule has 1 aromatic heterocycles. The molecule has 0 aliphatic carbocycles. The molecule has 1 unspecified atom stereocenters. The van der Waals surface area contributed by atoms with Crippen LogP contribution in [0, 0.1) is 6.92 Å². The number of likely N-dealkylation sites (N-methyl/N-ethyl adjacent to an activating group) is 1. The molecule has 6 nitrogen and oxygen atoms in total. The summed E-state index contributed by atoms with van der Waals surface area (Å²) in [6.45, 7) is 4.77. The van der Waals surface area contributed by atoms with Gasteiger partial charge in [0.05, 0.1) is 11.6 Å². The van der Waals surface area contributed by atoms with Crippen molar-refractivity contribution in [3.63, 3.8) is 0 Å². The molecule has 0 spiro atoms. The zero-order valence-electron chi connectivity index (χ0n) is 21.7. The molecule has 0 fully saturated rings. The molecule has 8 heteroatoms. The van der Waals surface area contributed by atoms with E-state index in [0.717, 1.165) is 17.5 Å². The molecule has 0 N–H and O–H groups in total. The van der Waals surface area contributed by atoms with Gasteiger partial charge in [0.15, 0.2) is 5.82 Å². The average molecular weight is 537 g/mol. The Kier molecular flexibility index (Phi) is 8.20. The highest BCUT2D eigenvalue weighted by Gasteiger charge is 2.23. The molecule has 0 saturated heterocycles. The molecular formula is C29H31Cl2N5O. The quantitative estimate of drug-likeness (QED) is 0.262. The van der Waals surface area contributed by atoms with Crippen molar-refractivity contribution in [3.8, 4) is 11.4 Å². The Morgan fingerprint density at radius 3 is 2.43 bits per heavy atom. The van der Waals surface area contributed by atoms with Gasteiger partial charge in [-0.1, -0.05) is 59.6 Å². The van der Waals surface area contributed by atoms with E-state index in [1.165, 1.54) is 11.1 Å². The predicted octanol–water partition coefficient (Wildman–Crippen LogP) is 6.38. The second-order valence-electron chi connectivity index (χ2n) is 9.52. The Morgan fingerprint density at radius 1 is 0.973 bits per heavy atom. The standard InChI is InChI=1S/C29H31Cl2N5O/c1-19-9-6-7-11-22(19)15-20(2)35(5)29-33-32-27(25-14-13-24(30)17-26(25)31)36(29)18-21-10-8-12-23(16-21)28(37)34(3)4/h6-14,16-17,20H,15,18H2,1-5H3. The average Bonchev–Trinajstić information content (AvgIpc) is 3.27. The van der Waals surface area contributed by atoms with Gasteiger partial charge < -0.3 is 9.80 Å². The van der Waals surface area contributed by atoms with Crippen LogP contribution in [0.25, 0.3) is 11.4 Å². The second kappa shape index (κ2) is 11.4. The van der Waals surface area contributed by atoms with Crippen molar-refractivity contribution in [2.75, 3.05) is 26.0 Å². The summed E-state index contributed by atoms with van der Waals surface area (Å²) in [4.78, 5) is 16.3. The second-order valence-corrected chi connectivity index (χ2v) is 10.4. The Morgan fingerprint density at radius 2 is 1.73 bits per heavy atom. The van der Waals surface area contributed by atoms with Crippen molar-refractivity contribution in [1.29, 1.82) is 0 Å². The van der Waals surface area contributed by atoms with Crippen LogP contribution in [0.2, 0.25) is 10.0 Å². The lowest BCUT2D eigenvalue weighted by molar-refractivity contribution is 0.0827. The van der Waals surface area contributed by atoms with Gasteiger partial charge in [-0.05, 0) is 67.3 Å². The van der Waals surface area contributed by atoms with Gasteiger partial charge in [-0.15, -0.1) is 10.2 Å². The van der Waals surface area contributed by atoms with Crippen LogP contribution in [0.1, 0.15) is 34.0 Å². The fourth-order valence-electron chi connectivity index (χ4n) is 4.31. The number of anilines is 1. The van der Waals surface area contributed by atoms with Crippen LogP contribution in [0.3, 0.4) is 0 Å². The topological polar surface area (TPSA) is 54.3 Å². The zero-order valence-corrected chi connectivity index (χ0v) is 23.3. The highest BCUT2D eigenvalue weighted by atomic mass is 35.5. The molecule has 192 valence electrons. The van der Waals surface area contributed by atoms with Crippen molar-refractivity contribution in [1.82, 2.24) is 19.7 Å².